The van der Waals surface area contributed by atoms with Crippen molar-refractivity contribution in [1.82, 2.24) is 5.32 Å². The molecular formula is C47H75NO6S. The van der Waals surface area contributed by atoms with E-state index in [4.69, 9.17) is 0 Å². The van der Waals surface area contributed by atoms with Gasteiger partial charge >= 0.3 is 5.97 Å². The van der Waals surface area contributed by atoms with Crippen molar-refractivity contribution < 1.29 is 28.5 Å². The molecule has 0 amide bonds. The predicted molar refractivity (Wildman–Crippen MR) is 221 cm³/mol. The second-order valence-electron chi connectivity index (χ2n) is 22.1. The number of hydrogen-bond acceptors (Lipinski definition) is 6. The molecule has 0 aromatic heterocycles. The van der Waals surface area contributed by atoms with E-state index in [0.29, 0.717) is 75.0 Å². The maximum Gasteiger partial charge on any atom is 0.312 e. The molecule has 0 heterocycles. The maximum absolute atomic E-state index is 12.2. The Morgan fingerprint density at radius 2 is 1.51 bits per heavy atom. The normalized spacial score (nSPS) is 48.0. The first kappa shape index (κ1) is 41.7. The van der Waals surface area contributed by atoms with Gasteiger partial charge in [-0.3, -0.25) is 4.79 Å². The van der Waals surface area contributed by atoms with Crippen LogP contribution in [-0.2, 0) is 14.6 Å². The molecule has 55 heavy (non-hydrogen) atoms. The van der Waals surface area contributed by atoms with Gasteiger partial charge in [-0.2, -0.15) is 0 Å². The van der Waals surface area contributed by atoms with Crippen molar-refractivity contribution in [3.63, 3.8) is 0 Å². The van der Waals surface area contributed by atoms with Gasteiger partial charge in [0.2, 0.25) is 0 Å². The third kappa shape index (κ3) is 6.08. The molecule has 10 atom stereocenters. The molecule has 8 heteroatoms. The van der Waals surface area contributed by atoms with Crippen LogP contribution in [0.25, 0.3) is 0 Å². The number of aliphatic hydroxyl groups is 2. The molecular weight excluding hydrogens is 707 g/mol. The highest BCUT2D eigenvalue weighted by atomic mass is 32.2. The van der Waals surface area contributed by atoms with Gasteiger partial charge in [-0.1, -0.05) is 65.8 Å². The zero-order valence-corrected chi connectivity index (χ0v) is 36.5. The number of rotatable bonds is 9. The SMILES string of the molecule is C=C(C)[C@@H]1CCC2(NCCC3(O)CCC(S(C)(=O)=O)CC3)CC[C@@]3(C)[C@]4(C)CC[C@H]5C(C)(C)C(C6=CC[C@@](CO)(C(=O)O)CC6)=CC[C@]5(C)[C@H]4CC[C@]3(C)[C@@H]12. The topological polar surface area (TPSA) is 124 Å². The summed E-state index contributed by atoms with van der Waals surface area (Å²) in [5, 5.41) is 35.4. The average molecular weight is 782 g/mol. The fraction of sp³-hybridized carbons (Fsp3) is 0.851. The molecule has 0 spiro atoms. The molecule has 1 unspecified atom stereocenters. The summed E-state index contributed by atoms with van der Waals surface area (Å²) in [6, 6.07) is 0. The number of aliphatic carboxylic acids is 1. The lowest BCUT2D eigenvalue weighted by Crippen LogP contribution is -2.71. The highest BCUT2D eigenvalue weighted by Gasteiger charge is 2.74. The van der Waals surface area contributed by atoms with Gasteiger partial charge in [-0.25, -0.2) is 8.42 Å². The first-order valence-electron chi connectivity index (χ1n) is 22.0. The summed E-state index contributed by atoms with van der Waals surface area (Å²) in [5.41, 5.74) is 2.90. The number of hydrogen-bond donors (Lipinski definition) is 4. The average Bonchev–Trinajstić information content (AvgIpc) is 3.50. The number of aliphatic hydroxyl groups excluding tert-OH is 1. The third-order valence-corrected chi connectivity index (χ3v) is 21.3. The highest BCUT2D eigenvalue weighted by molar-refractivity contribution is 7.91. The Labute approximate surface area is 333 Å². The first-order valence-corrected chi connectivity index (χ1v) is 24.0. The largest absolute Gasteiger partial charge is 0.481 e. The van der Waals surface area contributed by atoms with Crippen molar-refractivity contribution in [2.45, 2.75) is 174 Å². The second-order valence-corrected chi connectivity index (χ2v) is 24.5. The molecule has 0 saturated heterocycles. The van der Waals surface area contributed by atoms with Crippen LogP contribution in [0.3, 0.4) is 0 Å². The lowest BCUT2D eigenvalue weighted by molar-refractivity contribution is -0.257. The highest BCUT2D eigenvalue weighted by Crippen LogP contribution is 2.80. The smallest absolute Gasteiger partial charge is 0.312 e. The molecule has 5 fully saturated rings. The quantitative estimate of drug-likeness (QED) is 0.172. The summed E-state index contributed by atoms with van der Waals surface area (Å²) < 4.78 is 24.4. The van der Waals surface area contributed by atoms with E-state index in [2.05, 4.69) is 72.5 Å². The lowest BCUT2D eigenvalue weighted by Gasteiger charge is -2.76. The first-order chi connectivity index (χ1) is 25.5. The zero-order valence-electron chi connectivity index (χ0n) is 35.7. The van der Waals surface area contributed by atoms with Gasteiger partial charge in [0.1, 0.15) is 9.84 Å². The van der Waals surface area contributed by atoms with E-state index in [-0.39, 0.29) is 44.5 Å². The van der Waals surface area contributed by atoms with Crippen LogP contribution in [0.5, 0.6) is 0 Å². The number of carbonyl (C=O) groups is 1. The monoisotopic (exact) mass is 782 g/mol. The van der Waals surface area contributed by atoms with Crippen LogP contribution in [0.15, 0.2) is 35.5 Å². The molecule has 0 aromatic carbocycles. The van der Waals surface area contributed by atoms with Crippen LogP contribution in [0.4, 0.5) is 0 Å². The van der Waals surface area contributed by atoms with Crippen molar-refractivity contribution in [2.75, 3.05) is 19.4 Å². The van der Waals surface area contributed by atoms with Crippen LogP contribution >= 0.6 is 0 Å². The standard InChI is InChI=1S/C47H75NO6S/c1-31(2)34-14-25-47(48-29-28-46(52)23-12-33(13-24-46)55(9,53)54)27-26-44(8)42(6)19-16-36-40(3,4)35(32-10-21-45(30-49,22-11-32)39(50)51)15-18-41(36,5)37(42)17-20-43(44,7)38(34)47/h10,15,33-34,36-38,48-49,52H,1,11-14,16-30H2,2-9H3,(H,50,51)/t33?,34-,36-,37+,38+,41-,42+,43+,44-,45+,46?,47?/m0/s1. The van der Waals surface area contributed by atoms with Crippen LogP contribution in [-0.4, -0.2) is 65.5 Å². The summed E-state index contributed by atoms with van der Waals surface area (Å²) in [6.45, 7) is 23.0. The number of allylic oxidation sites excluding steroid dienone is 5. The van der Waals surface area contributed by atoms with Gasteiger partial charge in [-0.15, -0.1) is 0 Å². The Balaban J connectivity index is 1.14. The van der Waals surface area contributed by atoms with E-state index in [9.17, 15) is 28.5 Å². The van der Waals surface area contributed by atoms with Crippen LogP contribution in [0.1, 0.15) is 158 Å². The molecule has 7 aliphatic carbocycles. The minimum absolute atomic E-state index is 0.0134. The Kier molecular flexibility index (Phi) is 10.2. The van der Waals surface area contributed by atoms with E-state index in [1.807, 2.05) is 0 Å². The molecule has 0 aromatic rings. The molecule has 0 aliphatic heterocycles. The van der Waals surface area contributed by atoms with Gasteiger partial charge in [0.15, 0.2) is 0 Å². The number of fused-ring (bicyclic) bond motifs is 7. The lowest BCUT2D eigenvalue weighted by atomic mass is 9.29. The zero-order chi connectivity index (χ0) is 40.3. The van der Waals surface area contributed by atoms with E-state index in [1.165, 1.54) is 61.5 Å². The maximum atomic E-state index is 12.2. The summed E-state index contributed by atoms with van der Waals surface area (Å²) >= 11 is 0. The molecule has 0 bridgehead atoms. The van der Waals surface area contributed by atoms with E-state index in [0.717, 1.165) is 25.8 Å². The number of carboxylic acid groups (broad SMARTS) is 1. The van der Waals surface area contributed by atoms with Gasteiger partial charge in [0.05, 0.1) is 22.9 Å². The van der Waals surface area contributed by atoms with Gasteiger partial charge in [-0.05, 0) is 185 Å². The Morgan fingerprint density at radius 1 is 0.855 bits per heavy atom. The molecule has 0 radical (unpaired) electrons. The van der Waals surface area contributed by atoms with Crippen molar-refractivity contribution in [3.05, 3.63) is 35.5 Å². The molecule has 7 rings (SSSR count). The van der Waals surface area contributed by atoms with Gasteiger partial charge < -0.3 is 20.6 Å². The summed E-state index contributed by atoms with van der Waals surface area (Å²) in [5.74, 6) is 1.25. The fourth-order valence-corrected chi connectivity index (χ4v) is 17.2. The predicted octanol–water partition coefficient (Wildman–Crippen LogP) is 9.19. The minimum Gasteiger partial charge on any atom is -0.481 e. The van der Waals surface area contributed by atoms with Crippen LogP contribution in [0.2, 0.25) is 0 Å². The molecule has 5 saturated carbocycles. The summed E-state index contributed by atoms with van der Waals surface area (Å²) in [4.78, 5) is 12.1. The van der Waals surface area contributed by atoms with E-state index >= 15 is 0 Å². The van der Waals surface area contributed by atoms with Gasteiger partial charge in [0.25, 0.3) is 0 Å². The van der Waals surface area contributed by atoms with Crippen molar-refractivity contribution in [1.29, 1.82) is 0 Å². The fourth-order valence-electron chi connectivity index (χ4n) is 16.1. The molecule has 310 valence electrons. The van der Waals surface area contributed by atoms with Crippen molar-refractivity contribution in [3.8, 4) is 0 Å². The Bertz CT molecular complexity index is 1740. The molecule has 7 aliphatic rings. The Hall–Kier alpha value is -1.48. The number of carboxylic acids is 1. The minimum atomic E-state index is -3.07. The number of sulfone groups is 1. The second kappa shape index (κ2) is 13.5. The summed E-state index contributed by atoms with van der Waals surface area (Å²) in [7, 11) is -3.07. The summed E-state index contributed by atoms with van der Waals surface area (Å²) in [6.07, 6.45) is 21.2. The van der Waals surface area contributed by atoms with Gasteiger partial charge in [0, 0.05) is 11.8 Å². The molecule has 4 N–H and O–H groups in total. The van der Waals surface area contributed by atoms with Crippen LogP contribution < -0.4 is 5.32 Å². The van der Waals surface area contributed by atoms with Crippen molar-refractivity contribution >= 4 is 15.8 Å². The van der Waals surface area contributed by atoms with E-state index < -0.39 is 26.8 Å². The number of nitrogens with one attached hydrogen (secondary N) is 1. The third-order valence-electron chi connectivity index (χ3n) is 19.6. The van der Waals surface area contributed by atoms with Crippen LogP contribution in [0, 0.1) is 56.2 Å². The van der Waals surface area contributed by atoms with E-state index in [1.54, 1.807) is 0 Å². The van der Waals surface area contributed by atoms with Crippen molar-refractivity contribution in [2.24, 2.45) is 56.2 Å². The Morgan fingerprint density at radius 3 is 2.09 bits per heavy atom. The molecule has 7 nitrogen and oxygen atoms in total.